The van der Waals surface area contributed by atoms with E-state index in [0.29, 0.717) is 23.9 Å². The molecule has 1 heterocycles. The number of hydrogen-bond donors (Lipinski definition) is 1. The molecule has 1 atom stereocenters. The molecule has 0 aromatic heterocycles. The van der Waals surface area contributed by atoms with Crippen molar-refractivity contribution in [2.45, 2.75) is 30.2 Å². The molecule has 0 bridgehead atoms. The van der Waals surface area contributed by atoms with Crippen molar-refractivity contribution in [3.63, 3.8) is 0 Å². The summed E-state index contributed by atoms with van der Waals surface area (Å²) in [6.07, 6.45) is 2.64. The lowest BCUT2D eigenvalue weighted by molar-refractivity contribution is 0.256. The van der Waals surface area contributed by atoms with Crippen LogP contribution < -0.4 is 10.5 Å². The second kappa shape index (κ2) is 6.30. The summed E-state index contributed by atoms with van der Waals surface area (Å²) in [6.45, 7) is 0.808. The maximum atomic E-state index is 12.8. The Balaban J connectivity index is 2.46. The molecule has 1 aliphatic rings. The van der Waals surface area contributed by atoms with Crippen molar-refractivity contribution in [2.24, 2.45) is 5.73 Å². The number of sulfonamides is 1. The van der Waals surface area contributed by atoms with Gasteiger partial charge < -0.3 is 10.5 Å². The first-order chi connectivity index (χ1) is 9.50. The van der Waals surface area contributed by atoms with Crippen molar-refractivity contribution >= 4 is 21.6 Å². The molecule has 1 aromatic rings. The fraction of sp³-hybridized carbons (Fsp3) is 0.538. The molecule has 2 rings (SSSR count). The molecule has 5 nitrogen and oxygen atoms in total. The Labute approximate surface area is 124 Å². The number of nitrogens with zero attached hydrogens (tertiary/aromatic N) is 1. The summed E-state index contributed by atoms with van der Waals surface area (Å²) in [5, 5.41) is 0.366. The van der Waals surface area contributed by atoms with Gasteiger partial charge in [0.1, 0.15) is 10.6 Å². The van der Waals surface area contributed by atoms with Gasteiger partial charge in [0.15, 0.2) is 0 Å². The molecule has 0 aliphatic carbocycles. The average molecular weight is 319 g/mol. The smallest absolute Gasteiger partial charge is 0.247 e. The van der Waals surface area contributed by atoms with E-state index in [0.717, 1.165) is 19.3 Å². The van der Waals surface area contributed by atoms with E-state index in [2.05, 4.69) is 0 Å². The lowest BCUT2D eigenvalue weighted by Crippen LogP contribution is -2.47. The van der Waals surface area contributed by atoms with E-state index >= 15 is 0 Å². The number of benzene rings is 1. The van der Waals surface area contributed by atoms with E-state index < -0.39 is 10.0 Å². The van der Waals surface area contributed by atoms with Gasteiger partial charge in [-0.05, 0) is 31.0 Å². The third-order valence-corrected chi connectivity index (χ3v) is 5.77. The zero-order valence-electron chi connectivity index (χ0n) is 11.4. The van der Waals surface area contributed by atoms with Gasteiger partial charge in [0, 0.05) is 24.2 Å². The molecule has 1 aliphatic heterocycles. The first-order valence-electron chi connectivity index (χ1n) is 6.56. The van der Waals surface area contributed by atoms with Crippen LogP contribution in [0.5, 0.6) is 5.75 Å². The third kappa shape index (κ3) is 2.93. The van der Waals surface area contributed by atoms with E-state index in [1.807, 2.05) is 0 Å². The Morgan fingerprint density at radius 1 is 1.45 bits per heavy atom. The summed E-state index contributed by atoms with van der Waals surface area (Å²) in [6, 6.07) is 4.45. The van der Waals surface area contributed by atoms with Gasteiger partial charge in [-0.2, -0.15) is 4.31 Å². The van der Waals surface area contributed by atoms with Gasteiger partial charge in [-0.15, -0.1) is 0 Å². The normalized spacial score (nSPS) is 20.9. The van der Waals surface area contributed by atoms with E-state index in [9.17, 15) is 8.42 Å². The number of nitrogens with two attached hydrogens (primary N) is 1. The number of methoxy groups -OCH3 is 1. The highest BCUT2D eigenvalue weighted by molar-refractivity contribution is 7.89. The molecule has 0 radical (unpaired) electrons. The minimum atomic E-state index is -3.64. The van der Waals surface area contributed by atoms with Crippen LogP contribution in [0.4, 0.5) is 0 Å². The van der Waals surface area contributed by atoms with Crippen LogP contribution in [0.25, 0.3) is 0 Å². The van der Waals surface area contributed by atoms with Gasteiger partial charge in [-0.3, -0.25) is 0 Å². The number of hydrogen-bond acceptors (Lipinski definition) is 4. The van der Waals surface area contributed by atoms with Crippen molar-refractivity contribution in [1.29, 1.82) is 0 Å². The molecule has 7 heteroatoms. The molecule has 20 heavy (non-hydrogen) atoms. The summed E-state index contributed by atoms with van der Waals surface area (Å²) in [5.41, 5.74) is 5.71. The summed E-state index contributed by atoms with van der Waals surface area (Å²) >= 11 is 5.93. The highest BCUT2D eigenvalue weighted by Gasteiger charge is 2.34. The highest BCUT2D eigenvalue weighted by atomic mass is 35.5. The van der Waals surface area contributed by atoms with Crippen molar-refractivity contribution in [3.05, 3.63) is 23.2 Å². The largest absolute Gasteiger partial charge is 0.495 e. The third-order valence-electron chi connectivity index (χ3n) is 3.56. The standard InChI is InChI=1S/C13H19ClN2O3S/c1-19-12-6-5-10(14)8-13(12)20(17,18)16-7-3-2-4-11(16)9-15/h5-6,8,11H,2-4,7,9,15H2,1H3. The van der Waals surface area contributed by atoms with E-state index in [1.54, 1.807) is 12.1 Å². The average Bonchev–Trinajstić information content (AvgIpc) is 2.47. The lowest BCUT2D eigenvalue weighted by Gasteiger charge is -2.34. The van der Waals surface area contributed by atoms with Crippen LogP contribution in [-0.2, 0) is 10.0 Å². The van der Waals surface area contributed by atoms with Gasteiger partial charge in [-0.25, -0.2) is 8.42 Å². The molecule has 1 fully saturated rings. The summed E-state index contributed by atoms with van der Waals surface area (Å²) in [7, 11) is -2.20. The van der Waals surface area contributed by atoms with Crippen LogP contribution in [0.2, 0.25) is 5.02 Å². The van der Waals surface area contributed by atoms with E-state index in [1.165, 1.54) is 17.5 Å². The second-order valence-corrected chi connectivity index (χ2v) is 7.09. The Morgan fingerprint density at radius 3 is 2.85 bits per heavy atom. The van der Waals surface area contributed by atoms with Crippen molar-refractivity contribution in [3.8, 4) is 5.75 Å². The van der Waals surface area contributed by atoms with Gasteiger partial charge in [-0.1, -0.05) is 18.0 Å². The summed E-state index contributed by atoms with van der Waals surface area (Å²) < 4.78 is 32.3. The topological polar surface area (TPSA) is 72.6 Å². The molecular formula is C13H19ClN2O3S. The molecule has 1 unspecified atom stereocenters. The van der Waals surface area contributed by atoms with Crippen LogP contribution in [0.1, 0.15) is 19.3 Å². The van der Waals surface area contributed by atoms with Gasteiger partial charge in [0.25, 0.3) is 0 Å². The van der Waals surface area contributed by atoms with Crippen LogP contribution in [0.15, 0.2) is 23.1 Å². The minimum absolute atomic E-state index is 0.104. The SMILES string of the molecule is COc1ccc(Cl)cc1S(=O)(=O)N1CCCCC1CN. The van der Waals surface area contributed by atoms with Crippen molar-refractivity contribution in [1.82, 2.24) is 4.31 Å². The van der Waals surface area contributed by atoms with Gasteiger partial charge in [0.05, 0.1) is 7.11 Å². The lowest BCUT2D eigenvalue weighted by atomic mass is 10.1. The molecule has 0 amide bonds. The molecular weight excluding hydrogens is 300 g/mol. The van der Waals surface area contributed by atoms with Gasteiger partial charge >= 0.3 is 0 Å². The molecule has 1 saturated heterocycles. The maximum absolute atomic E-state index is 12.8. The van der Waals surface area contributed by atoms with E-state index in [4.69, 9.17) is 22.1 Å². The monoisotopic (exact) mass is 318 g/mol. The number of rotatable bonds is 4. The number of ether oxygens (including phenoxy) is 1. The highest BCUT2D eigenvalue weighted by Crippen LogP contribution is 2.32. The van der Waals surface area contributed by atoms with Crippen LogP contribution in [-0.4, -0.2) is 39.0 Å². The summed E-state index contributed by atoms with van der Waals surface area (Å²) in [5.74, 6) is 0.302. The van der Waals surface area contributed by atoms with Crippen LogP contribution in [0, 0.1) is 0 Å². The Bertz CT molecular complexity index is 577. The minimum Gasteiger partial charge on any atom is -0.495 e. The van der Waals surface area contributed by atoms with Crippen LogP contribution >= 0.6 is 11.6 Å². The zero-order chi connectivity index (χ0) is 14.8. The first kappa shape index (κ1) is 15.6. The molecule has 0 saturated carbocycles. The number of halogens is 1. The maximum Gasteiger partial charge on any atom is 0.247 e. The molecule has 2 N–H and O–H groups in total. The molecule has 112 valence electrons. The zero-order valence-corrected chi connectivity index (χ0v) is 13.0. The fourth-order valence-electron chi connectivity index (χ4n) is 2.50. The molecule has 0 spiro atoms. The Hall–Kier alpha value is -0.820. The Kier molecular flexibility index (Phi) is 4.90. The van der Waals surface area contributed by atoms with Gasteiger partial charge in [0.2, 0.25) is 10.0 Å². The predicted octanol–water partition coefficient (Wildman–Crippen LogP) is 1.85. The van der Waals surface area contributed by atoms with Crippen LogP contribution in [0.3, 0.4) is 0 Å². The quantitative estimate of drug-likeness (QED) is 0.919. The predicted molar refractivity (Wildman–Crippen MR) is 78.6 cm³/mol. The first-order valence-corrected chi connectivity index (χ1v) is 8.38. The molecule has 1 aromatic carbocycles. The van der Waals surface area contributed by atoms with E-state index in [-0.39, 0.29) is 10.9 Å². The van der Waals surface area contributed by atoms with Crippen molar-refractivity contribution in [2.75, 3.05) is 20.2 Å². The second-order valence-electron chi connectivity index (χ2n) is 4.80. The summed E-state index contributed by atoms with van der Waals surface area (Å²) in [4.78, 5) is 0.104. The number of piperidine rings is 1. The Morgan fingerprint density at radius 2 is 2.20 bits per heavy atom. The fourth-order valence-corrected chi connectivity index (χ4v) is 4.63. The van der Waals surface area contributed by atoms with Crippen molar-refractivity contribution < 1.29 is 13.2 Å².